The van der Waals surface area contributed by atoms with Crippen molar-refractivity contribution >= 4 is 8.32 Å². The van der Waals surface area contributed by atoms with Crippen LogP contribution >= 0.6 is 0 Å². The van der Waals surface area contributed by atoms with Crippen LogP contribution in [0.2, 0.25) is 18.1 Å². The van der Waals surface area contributed by atoms with Crippen molar-refractivity contribution in [2.75, 3.05) is 6.61 Å². The van der Waals surface area contributed by atoms with Crippen molar-refractivity contribution in [2.24, 2.45) is 11.3 Å². The Balaban J connectivity index is 2.19. The summed E-state index contributed by atoms with van der Waals surface area (Å²) in [5.74, 6) is 0.651. The van der Waals surface area contributed by atoms with Gasteiger partial charge in [-0.25, -0.2) is 0 Å². The Morgan fingerprint density at radius 1 is 1.33 bits per heavy atom. The average molecular weight is 311 g/mol. The first-order valence-electron chi connectivity index (χ1n) is 8.60. The zero-order valence-electron chi connectivity index (χ0n) is 14.8. The van der Waals surface area contributed by atoms with E-state index >= 15 is 0 Å². The molecule has 0 bridgehead atoms. The maximum absolute atomic E-state index is 9.29. The molecule has 3 atom stereocenters. The standard InChI is InChI=1S/C18H34O2Si/c1-17(2,3)21(5,6)20-16-8-7-12-18(4)14(11-13-19)9-10-15(16)18/h11,15-16,19H,7-10,12-13H2,1-6H3/b14-11+/t15?,16-,18+/m0/s1. The molecule has 0 amide bonds. The second-order valence-corrected chi connectivity index (χ2v) is 13.5. The molecule has 122 valence electrons. The third-order valence-corrected chi connectivity index (χ3v) is 11.0. The maximum atomic E-state index is 9.29. The van der Waals surface area contributed by atoms with Gasteiger partial charge in [-0.3, -0.25) is 0 Å². The lowest BCUT2D eigenvalue weighted by Crippen LogP contribution is -2.49. The molecule has 0 aliphatic heterocycles. The lowest BCUT2D eigenvalue weighted by atomic mass is 9.66. The summed E-state index contributed by atoms with van der Waals surface area (Å²) in [6.07, 6.45) is 8.62. The number of hydrogen-bond donors (Lipinski definition) is 1. The smallest absolute Gasteiger partial charge is 0.192 e. The van der Waals surface area contributed by atoms with Crippen LogP contribution in [0.3, 0.4) is 0 Å². The van der Waals surface area contributed by atoms with Gasteiger partial charge in [-0.15, -0.1) is 0 Å². The number of allylic oxidation sites excluding steroid dienone is 1. The van der Waals surface area contributed by atoms with Crippen molar-refractivity contribution in [3.05, 3.63) is 11.6 Å². The van der Waals surface area contributed by atoms with Crippen LogP contribution in [0.25, 0.3) is 0 Å². The van der Waals surface area contributed by atoms with E-state index in [9.17, 15) is 5.11 Å². The van der Waals surface area contributed by atoms with Crippen molar-refractivity contribution in [2.45, 2.75) is 84.0 Å². The van der Waals surface area contributed by atoms with Gasteiger partial charge in [-0.1, -0.05) is 45.8 Å². The quantitative estimate of drug-likeness (QED) is 0.593. The lowest BCUT2D eigenvalue weighted by molar-refractivity contribution is 0.0231. The van der Waals surface area contributed by atoms with Crippen molar-refractivity contribution in [3.63, 3.8) is 0 Å². The van der Waals surface area contributed by atoms with Gasteiger partial charge in [-0.2, -0.15) is 0 Å². The van der Waals surface area contributed by atoms with E-state index in [2.05, 4.69) is 46.9 Å². The first kappa shape index (κ1) is 17.2. The molecule has 0 aromatic heterocycles. The second kappa shape index (κ2) is 5.82. The van der Waals surface area contributed by atoms with Crippen LogP contribution in [-0.2, 0) is 4.43 Å². The van der Waals surface area contributed by atoms with Crippen LogP contribution in [0.4, 0.5) is 0 Å². The minimum absolute atomic E-state index is 0.186. The fraction of sp³-hybridized carbons (Fsp3) is 0.889. The van der Waals surface area contributed by atoms with Crippen LogP contribution in [0.1, 0.15) is 59.8 Å². The van der Waals surface area contributed by atoms with Gasteiger partial charge in [0.25, 0.3) is 0 Å². The van der Waals surface area contributed by atoms with Crippen LogP contribution in [0.15, 0.2) is 11.6 Å². The summed E-state index contributed by atoms with van der Waals surface area (Å²) in [5.41, 5.74) is 1.76. The highest BCUT2D eigenvalue weighted by Crippen LogP contribution is 2.56. The van der Waals surface area contributed by atoms with Crippen LogP contribution in [-0.4, -0.2) is 26.1 Å². The number of aliphatic hydroxyl groups is 1. The van der Waals surface area contributed by atoms with Crippen LogP contribution < -0.4 is 0 Å². The Morgan fingerprint density at radius 2 is 2.00 bits per heavy atom. The van der Waals surface area contributed by atoms with E-state index in [0.29, 0.717) is 12.0 Å². The van der Waals surface area contributed by atoms with Gasteiger partial charge in [0.05, 0.1) is 6.61 Å². The molecule has 2 aliphatic rings. The SMILES string of the molecule is CC(C)(C)[Si](C)(C)O[C@H]1CCC[C@]2(C)/C(=C/CO)CCC12. The number of fused-ring (bicyclic) bond motifs is 1. The Hall–Kier alpha value is -0.123. The largest absolute Gasteiger partial charge is 0.414 e. The topological polar surface area (TPSA) is 29.5 Å². The summed E-state index contributed by atoms with van der Waals surface area (Å²) >= 11 is 0. The molecule has 0 spiro atoms. The first-order chi connectivity index (χ1) is 9.62. The monoisotopic (exact) mass is 310 g/mol. The first-order valence-corrected chi connectivity index (χ1v) is 11.5. The van der Waals surface area contributed by atoms with E-state index in [1.807, 2.05) is 0 Å². The molecule has 3 heteroatoms. The highest BCUT2D eigenvalue weighted by Gasteiger charge is 2.51. The van der Waals surface area contributed by atoms with E-state index in [1.165, 1.54) is 31.3 Å². The van der Waals surface area contributed by atoms with Gasteiger partial charge in [0, 0.05) is 6.10 Å². The van der Waals surface area contributed by atoms with E-state index < -0.39 is 8.32 Å². The minimum Gasteiger partial charge on any atom is -0.414 e. The predicted molar refractivity (Wildman–Crippen MR) is 91.9 cm³/mol. The summed E-state index contributed by atoms with van der Waals surface area (Å²) in [5, 5.41) is 9.57. The zero-order valence-corrected chi connectivity index (χ0v) is 15.8. The highest BCUT2D eigenvalue weighted by molar-refractivity contribution is 6.74. The molecule has 2 nitrogen and oxygen atoms in total. The molecule has 2 rings (SSSR count). The molecule has 0 aromatic carbocycles. The summed E-state index contributed by atoms with van der Waals surface area (Å²) in [6.45, 7) is 14.3. The zero-order chi connectivity index (χ0) is 15.9. The third-order valence-electron chi connectivity index (χ3n) is 6.50. The second-order valence-electron chi connectivity index (χ2n) is 8.78. The Bertz CT molecular complexity index is 408. The summed E-state index contributed by atoms with van der Waals surface area (Å²) in [4.78, 5) is 0. The molecule has 0 radical (unpaired) electrons. The van der Waals surface area contributed by atoms with Crippen molar-refractivity contribution in [1.29, 1.82) is 0 Å². The average Bonchev–Trinajstić information content (AvgIpc) is 2.66. The molecular formula is C18H34O2Si. The maximum Gasteiger partial charge on any atom is 0.192 e. The molecule has 2 saturated carbocycles. The fourth-order valence-corrected chi connectivity index (χ4v) is 5.50. The van der Waals surface area contributed by atoms with Crippen LogP contribution in [0, 0.1) is 11.3 Å². The van der Waals surface area contributed by atoms with Gasteiger partial charge in [-0.05, 0) is 55.1 Å². The van der Waals surface area contributed by atoms with Crippen molar-refractivity contribution < 1.29 is 9.53 Å². The van der Waals surface area contributed by atoms with Gasteiger partial charge in [0.15, 0.2) is 8.32 Å². The molecular weight excluding hydrogens is 276 g/mol. The predicted octanol–water partition coefficient (Wildman–Crippen LogP) is 4.90. The summed E-state index contributed by atoms with van der Waals surface area (Å²) < 4.78 is 6.80. The number of rotatable bonds is 3. The lowest BCUT2D eigenvalue weighted by Gasteiger charge is -2.47. The van der Waals surface area contributed by atoms with Crippen molar-refractivity contribution in [1.82, 2.24) is 0 Å². The van der Waals surface area contributed by atoms with E-state index in [0.717, 1.165) is 6.42 Å². The minimum atomic E-state index is -1.69. The molecule has 0 aromatic rings. The van der Waals surface area contributed by atoms with Crippen molar-refractivity contribution in [3.8, 4) is 0 Å². The Kier molecular flexibility index (Phi) is 4.78. The van der Waals surface area contributed by atoms with E-state index in [1.54, 1.807) is 0 Å². The molecule has 2 aliphatic carbocycles. The normalized spacial score (nSPS) is 36.0. The third kappa shape index (κ3) is 3.15. The molecule has 1 unspecified atom stereocenters. The Morgan fingerprint density at radius 3 is 2.57 bits per heavy atom. The van der Waals surface area contributed by atoms with Gasteiger partial charge in [0.1, 0.15) is 0 Å². The van der Waals surface area contributed by atoms with Gasteiger partial charge < -0.3 is 9.53 Å². The molecule has 0 saturated heterocycles. The summed E-state index contributed by atoms with van der Waals surface area (Å²) in [7, 11) is -1.69. The molecule has 1 N–H and O–H groups in total. The molecule has 0 heterocycles. The van der Waals surface area contributed by atoms with Gasteiger partial charge >= 0.3 is 0 Å². The van der Waals surface area contributed by atoms with Gasteiger partial charge in [0.2, 0.25) is 0 Å². The van der Waals surface area contributed by atoms with E-state index in [4.69, 9.17) is 4.43 Å². The number of hydrogen-bond acceptors (Lipinski definition) is 2. The summed E-state index contributed by atoms with van der Waals surface area (Å²) in [6, 6.07) is 0. The Labute approximate surface area is 132 Å². The van der Waals surface area contributed by atoms with Crippen LogP contribution in [0.5, 0.6) is 0 Å². The number of aliphatic hydroxyl groups excluding tert-OH is 1. The molecule has 21 heavy (non-hydrogen) atoms. The highest BCUT2D eigenvalue weighted by atomic mass is 28.4. The fourth-order valence-electron chi connectivity index (χ4n) is 4.11. The van der Waals surface area contributed by atoms with E-state index in [-0.39, 0.29) is 17.1 Å². The molecule has 2 fully saturated rings.